The highest BCUT2D eigenvalue weighted by molar-refractivity contribution is 4.69. The van der Waals surface area contributed by atoms with Crippen molar-refractivity contribution >= 4 is 0 Å². The Morgan fingerprint density at radius 2 is 0.909 bits per heavy atom. The van der Waals surface area contributed by atoms with Crippen molar-refractivity contribution < 1.29 is 0 Å². The van der Waals surface area contributed by atoms with Crippen molar-refractivity contribution in [3.8, 4) is 0 Å². The summed E-state index contributed by atoms with van der Waals surface area (Å²) in [4.78, 5) is 5.16. The third-order valence-electron chi connectivity index (χ3n) is 4.44. The molecule has 0 aromatic carbocycles. The second-order valence-corrected chi connectivity index (χ2v) is 7.66. The summed E-state index contributed by atoms with van der Waals surface area (Å²) >= 11 is 0. The minimum Gasteiger partial charge on any atom is -0.317 e. The van der Waals surface area contributed by atoms with Crippen LogP contribution in [0.4, 0.5) is 0 Å². The molecule has 3 nitrogen and oxygen atoms in total. The number of nitrogens with one attached hydrogen (secondary N) is 1. The average Bonchev–Trinajstić information content (AvgIpc) is 2.38. The SMILES string of the molecule is CC(C)N(CCCCNCCCN(C(C)C)C(C)C)C(C)C. The largest absolute Gasteiger partial charge is 0.317 e. The number of hydrogen-bond donors (Lipinski definition) is 1. The van der Waals surface area contributed by atoms with Crippen molar-refractivity contribution in [2.45, 2.75) is 98.8 Å². The van der Waals surface area contributed by atoms with Crippen LogP contribution >= 0.6 is 0 Å². The summed E-state index contributed by atoms with van der Waals surface area (Å²) in [7, 11) is 0. The number of nitrogens with zero attached hydrogens (tertiary/aromatic N) is 2. The van der Waals surface area contributed by atoms with Crippen molar-refractivity contribution in [1.29, 1.82) is 0 Å². The smallest absolute Gasteiger partial charge is 0.00413 e. The zero-order valence-corrected chi connectivity index (χ0v) is 16.7. The molecule has 0 amide bonds. The monoisotopic (exact) mass is 313 g/mol. The summed E-state index contributed by atoms with van der Waals surface area (Å²) in [5, 5.41) is 3.61. The average molecular weight is 314 g/mol. The van der Waals surface area contributed by atoms with E-state index in [-0.39, 0.29) is 0 Å². The molecule has 0 aliphatic heterocycles. The van der Waals surface area contributed by atoms with Gasteiger partial charge in [0.15, 0.2) is 0 Å². The van der Waals surface area contributed by atoms with Crippen LogP contribution < -0.4 is 5.32 Å². The van der Waals surface area contributed by atoms with Gasteiger partial charge in [-0.1, -0.05) is 0 Å². The van der Waals surface area contributed by atoms with Gasteiger partial charge in [-0.15, -0.1) is 0 Å². The molecule has 0 unspecified atom stereocenters. The van der Waals surface area contributed by atoms with E-state index in [1.165, 1.54) is 32.4 Å². The van der Waals surface area contributed by atoms with E-state index in [2.05, 4.69) is 70.5 Å². The highest BCUT2D eigenvalue weighted by Gasteiger charge is 2.13. The van der Waals surface area contributed by atoms with Gasteiger partial charge >= 0.3 is 0 Å². The Morgan fingerprint density at radius 1 is 0.545 bits per heavy atom. The molecule has 0 spiro atoms. The Balaban J connectivity index is 3.62. The van der Waals surface area contributed by atoms with Crippen LogP contribution in [0.2, 0.25) is 0 Å². The molecule has 0 radical (unpaired) electrons. The normalized spacial score (nSPS) is 12.8. The highest BCUT2D eigenvalue weighted by atomic mass is 15.2. The molecule has 0 aliphatic rings. The molecule has 1 N–H and O–H groups in total. The van der Waals surface area contributed by atoms with E-state index in [4.69, 9.17) is 0 Å². The summed E-state index contributed by atoms with van der Waals surface area (Å²) in [5.74, 6) is 0. The molecule has 0 aromatic heterocycles. The first-order valence-electron chi connectivity index (χ1n) is 9.49. The minimum absolute atomic E-state index is 0.651. The standard InChI is InChI=1S/C19H43N3/c1-16(2)21(17(3)4)14-10-9-12-20-13-11-15-22(18(5)6)19(7)8/h16-20H,9-15H2,1-8H3. The van der Waals surface area contributed by atoms with Gasteiger partial charge in [0.25, 0.3) is 0 Å². The van der Waals surface area contributed by atoms with Crippen LogP contribution in [0, 0.1) is 0 Å². The van der Waals surface area contributed by atoms with E-state index in [0.29, 0.717) is 24.2 Å². The quantitative estimate of drug-likeness (QED) is 0.519. The summed E-state index contributed by atoms with van der Waals surface area (Å²) in [6.45, 7) is 23.1. The fourth-order valence-corrected chi connectivity index (χ4v) is 3.28. The molecule has 0 fully saturated rings. The molecule has 0 aliphatic carbocycles. The van der Waals surface area contributed by atoms with Crippen molar-refractivity contribution in [3.63, 3.8) is 0 Å². The number of rotatable bonds is 13. The molecule has 0 rings (SSSR count). The second-order valence-electron chi connectivity index (χ2n) is 7.66. The Kier molecular flexibility index (Phi) is 12.3. The van der Waals surface area contributed by atoms with E-state index in [1.54, 1.807) is 0 Å². The maximum atomic E-state index is 3.61. The van der Waals surface area contributed by atoms with Gasteiger partial charge in [0.05, 0.1) is 0 Å². The molecular weight excluding hydrogens is 270 g/mol. The van der Waals surface area contributed by atoms with Crippen LogP contribution in [0.1, 0.15) is 74.7 Å². The predicted molar refractivity (Wildman–Crippen MR) is 101 cm³/mol. The molecule has 0 saturated carbocycles. The first-order valence-corrected chi connectivity index (χ1v) is 9.49. The summed E-state index contributed by atoms with van der Waals surface area (Å²) < 4.78 is 0. The van der Waals surface area contributed by atoms with Crippen molar-refractivity contribution in [2.24, 2.45) is 0 Å². The van der Waals surface area contributed by atoms with Gasteiger partial charge < -0.3 is 5.32 Å². The summed E-state index contributed by atoms with van der Waals surface area (Å²) in [6.07, 6.45) is 3.84. The van der Waals surface area contributed by atoms with Gasteiger partial charge in [0.1, 0.15) is 0 Å². The van der Waals surface area contributed by atoms with Crippen molar-refractivity contribution in [1.82, 2.24) is 15.1 Å². The highest BCUT2D eigenvalue weighted by Crippen LogP contribution is 2.07. The van der Waals surface area contributed by atoms with Crippen LogP contribution in [0.3, 0.4) is 0 Å². The van der Waals surface area contributed by atoms with Gasteiger partial charge in [0, 0.05) is 24.2 Å². The molecule has 22 heavy (non-hydrogen) atoms. The molecular formula is C19H43N3. The Hall–Kier alpha value is -0.120. The predicted octanol–water partition coefficient (Wildman–Crippen LogP) is 3.98. The lowest BCUT2D eigenvalue weighted by Crippen LogP contribution is -2.39. The zero-order chi connectivity index (χ0) is 17.1. The molecule has 0 atom stereocenters. The van der Waals surface area contributed by atoms with E-state index in [0.717, 1.165) is 13.1 Å². The molecule has 0 saturated heterocycles. The maximum Gasteiger partial charge on any atom is 0.00413 e. The Bertz CT molecular complexity index is 207. The van der Waals surface area contributed by atoms with Crippen molar-refractivity contribution in [3.05, 3.63) is 0 Å². The lowest BCUT2D eigenvalue weighted by atomic mass is 10.2. The van der Waals surface area contributed by atoms with E-state index in [9.17, 15) is 0 Å². The third-order valence-corrected chi connectivity index (χ3v) is 4.44. The number of unbranched alkanes of at least 4 members (excludes halogenated alkanes) is 1. The summed E-state index contributed by atoms with van der Waals surface area (Å²) in [6, 6.07) is 2.62. The molecule has 0 heterocycles. The molecule has 134 valence electrons. The van der Waals surface area contributed by atoms with Gasteiger partial charge in [-0.2, -0.15) is 0 Å². The van der Waals surface area contributed by atoms with Crippen LogP contribution in [0.15, 0.2) is 0 Å². The van der Waals surface area contributed by atoms with Crippen LogP contribution in [0.25, 0.3) is 0 Å². The molecule has 0 bridgehead atoms. The van der Waals surface area contributed by atoms with Crippen LogP contribution in [-0.4, -0.2) is 60.1 Å². The zero-order valence-electron chi connectivity index (χ0n) is 16.7. The van der Waals surface area contributed by atoms with E-state index < -0.39 is 0 Å². The van der Waals surface area contributed by atoms with Gasteiger partial charge in [-0.3, -0.25) is 9.80 Å². The van der Waals surface area contributed by atoms with Gasteiger partial charge in [-0.05, 0) is 101 Å². The maximum absolute atomic E-state index is 3.61. The first kappa shape index (κ1) is 21.9. The fourth-order valence-electron chi connectivity index (χ4n) is 3.28. The van der Waals surface area contributed by atoms with Crippen LogP contribution in [0.5, 0.6) is 0 Å². The first-order chi connectivity index (χ1) is 10.3. The van der Waals surface area contributed by atoms with Crippen LogP contribution in [-0.2, 0) is 0 Å². The Morgan fingerprint density at radius 3 is 1.32 bits per heavy atom. The number of hydrogen-bond acceptors (Lipinski definition) is 3. The van der Waals surface area contributed by atoms with E-state index >= 15 is 0 Å². The third kappa shape index (κ3) is 9.81. The van der Waals surface area contributed by atoms with E-state index in [1.807, 2.05) is 0 Å². The van der Waals surface area contributed by atoms with Crippen molar-refractivity contribution in [2.75, 3.05) is 26.2 Å². The minimum atomic E-state index is 0.651. The molecule has 3 heteroatoms. The summed E-state index contributed by atoms with van der Waals surface area (Å²) in [5.41, 5.74) is 0. The van der Waals surface area contributed by atoms with Gasteiger partial charge in [-0.25, -0.2) is 0 Å². The molecule has 0 aromatic rings. The Labute approximate surface area is 140 Å². The lowest BCUT2D eigenvalue weighted by molar-refractivity contribution is 0.170. The topological polar surface area (TPSA) is 18.5 Å². The second kappa shape index (κ2) is 12.3. The lowest BCUT2D eigenvalue weighted by Gasteiger charge is -2.30. The fraction of sp³-hybridized carbons (Fsp3) is 1.00. The van der Waals surface area contributed by atoms with Gasteiger partial charge in [0.2, 0.25) is 0 Å².